The number of aryl methyl sites for hydroxylation is 1. The first kappa shape index (κ1) is 15.2. The van der Waals surface area contributed by atoms with Crippen LogP contribution in [0.25, 0.3) is 0 Å². The maximum absolute atomic E-state index is 12.6. The molecule has 0 saturated carbocycles. The van der Waals surface area contributed by atoms with Crippen molar-refractivity contribution >= 4 is 11.8 Å². The molecule has 0 atom stereocenters. The third kappa shape index (κ3) is 2.94. The zero-order chi connectivity index (χ0) is 16.6. The Morgan fingerprint density at radius 2 is 1.96 bits per heavy atom. The highest BCUT2D eigenvalue weighted by atomic mass is 16.2. The quantitative estimate of drug-likeness (QED) is 0.827. The molecule has 0 bridgehead atoms. The number of carbonyl (C=O) groups excluding carboxylic acids is 2. The Morgan fingerprint density at radius 3 is 2.65 bits per heavy atom. The van der Waals surface area contributed by atoms with Gasteiger partial charge in [-0.15, -0.1) is 0 Å². The predicted octanol–water partition coefficient (Wildman–Crippen LogP) is 0.944. The van der Waals surface area contributed by atoms with Crippen molar-refractivity contribution in [3.63, 3.8) is 0 Å². The fourth-order valence-electron chi connectivity index (χ4n) is 2.63. The van der Waals surface area contributed by atoms with Gasteiger partial charge in [0.05, 0.1) is 24.3 Å². The van der Waals surface area contributed by atoms with Gasteiger partial charge >= 0.3 is 0 Å². The summed E-state index contributed by atoms with van der Waals surface area (Å²) >= 11 is 0. The van der Waals surface area contributed by atoms with Crippen LogP contribution >= 0.6 is 0 Å². The molecular weight excluding hydrogens is 294 g/mol. The molecule has 2 aromatic heterocycles. The van der Waals surface area contributed by atoms with Crippen LogP contribution in [-0.4, -0.2) is 57.0 Å². The van der Waals surface area contributed by atoms with Crippen LogP contribution in [0.3, 0.4) is 0 Å². The van der Waals surface area contributed by atoms with Crippen LogP contribution in [0.2, 0.25) is 0 Å². The molecule has 1 aliphatic rings. The number of pyridine rings is 1. The minimum absolute atomic E-state index is 0.0471. The molecule has 0 spiro atoms. The molecular formula is C16H19N5O2. The maximum Gasteiger partial charge on any atom is 0.273 e. The Morgan fingerprint density at radius 1 is 1.17 bits per heavy atom. The van der Waals surface area contributed by atoms with Gasteiger partial charge in [0.25, 0.3) is 11.8 Å². The second-order valence-electron chi connectivity index (χ2n) is 5.92. The molecule has 2 aromatic rings. The molecule has 23 heavy (non-hydrogen) atoms. The maximum atomic E-state index is 12.6. The van der Waals surface area contributed by atoms with Crippen molar-refractivity contribution in [3.8, 4) is 0 Å². The Hall–Kier alpha value is -2.70. The van der Waals surface area contributed by atoms with Crippen molar-refractivity contribution in [3.05, 3.63) is 47.0 Å². The van der Waals surface area contributed by atoms with E-state index in [-0.39, 0.29) is 11.8 Å². The molecule has 120 valence electrons. The van der Waals surface area contributed by atoms with Gasteiger partial charge in [-0.25, -0.2) is 0 Å². The first-order valence-electron chi connectivity index (χ1n) is 7.45. The summed E-state index contributed by atoms with van der Waals surface area (Å²) < 4.78 is 1.80. The smallest absolute Gasteiger partial charge is 0.273 e. The van der Waals surface area contributed by atoms with E-state index in [1.807, 2.05) is 13.0 Å². The SMILES string of the molecule is Cc1cncc(C(=O)N2CCn3nc(C(=O)N(C)C)cc3C2)c1. The van der Waals surface area contributed by atoms with Gasteiger partial charge in [0.15, 0.2) is 5.69 Å². The van der Waals surface area contributed by atoms with E-state index < -0.39 is 0 Å². The number of carbonyl (C=O) groups is 2. The van der Waals surface area contributed by atoms with E-state index in [0.717, 1.165) is 11.3 Å². The molecule has 0 radical (unpaired) electrons. The minimum atomic E-state index is -0.132. The van der Waals surface area contributed by atoms with E-state index in [0.29, 0.717) is 30.9 Å². The highest BCUT2D eigenvalue weighted by Gasteiger charge is 2.25. The molecule has 7 heteroatoms. The van der Waals surface area contributed by atoms with Gasteiger partial charge in [-0.05, 0) is 24.6 Å². The van der Waals surface area contributed by atoms with Gasteiger partial charge in [-0.3, -0.25) is 19.3 Å². The number of aromatic nitrogens is 3. The third-order valence-corrected chi connectivity index (χ3v) is 3.83. The Bertz CT molecular complexity index is 766. The summed E-state index contributed by atoms with van der Waals surface area (Å²) in [6.45, 7) is 3.51. The van der Waals surface area contributed by atoms with Crippen LogP contribution in [0.15, 0.2) is 24.5 Å². The van der Waals surface area contributed by atoms with E-state index in [2.05, 4.69) is 10.1 Å². The highest BCUT2D eigenvalue weighted by Crippen LogP contribution is 2.17. The molecule has 7 nitrogen and oxygen atoms in total. The van der Waals surface area contributed by atoms with Gasteiger partial charge in [-0.2, -0.15) is 5.10 Å². The van der Waals surface area contributed by atoms with E-state index >= 15 is 0 Å². The number of hydrogen-bond acceptors (Lipinski definition) is 4. The van der Waals surface area contributed by atoms with Gasteiger partial charge < -0.3 is 9.80 Å². The van der Waals surface area contributed by atoms with Gasteiger partial charge in [-0.1, -0.05) is 0 Å². The molecule has 3 heterocycles. The monoisotopic (exact) mass is 313 g/mol. The van der Waals surface area contributed by atoms with Crippen LogP contribution in [0, 0.1) is 6.92 Å². The first-order chi connectivity index (χ1) is 11.0. The molecule has 0 aliphatic carbocycles. The summed E-state index contributed by atoms with van der Waals surface area (Å²) in [5.74, 6) is -0.179. The zero-order valence-electron chi connectivity index (χ0n) is 13.5. The summed E-state index contributed by atoms with van der Waals surface area (Å²) in [6.07, 6.45) is 3.31. The minimum Gasteiger partial charge on any atom is -0.343 e. The van der Waals surface area contributed by atoms with Crippen molar-refractivity contribution in [1.82, 2.24) is 24.6 Å². The lowest BCUT2D eigenvalue weighted by atomic mass is 10.2. The van der Waals surface area contributed by atoms with E-state index in [9.17, 15) is 9.59 Å². The van der Waals surface area contributed by atoms with Crippen molar-refractivity contribution in [2.45, 2.75) is 20.0 Å². The van der Waals surface area contributed by atoms with Crippen LogP contribution in [0.1, 0.15) is 32.1 Å². The van der Waals surface area contributed by atoms with Crippen molar-refractivity contribution in [1.29, 1.82) is 0 Å². The van der Waals surface area contributed by atoms with Crippen LogP contribution in [-0.2, 0) is 13.1 Å². The lowest BCUT2D eigenvalue weighted by Crippen LogP contribution is -2.38. The molecule has 0 aromatic carbocycles. The second-order valence-corrected chi connectivity index (χ2v) is 5.92. The van der Waals surface area contributed by atoms with E-state index in [1.165, 1.54) is 4.90 Å². The highest BCUT2D eigenvalue weighted by molar-refractivity contribution is 5.94. The normalized spacial score (nSPS) is 13.6. The number of amides is 2. The fraction of sp³-hybridized carbons (Fsp3) is 0.375. The first-order valence-corrected chi connectivity index (χ1v) is 7.45. The van der Waals surface area contributed by atoms with Crippen molar-refractivity contribution < 1.29 is 9.59 Å². The lowest BCUT2D eigenvalue weighted by molar-refractivity contribution is 0.0704. The van der Waals surface area contributed by atoms with Crippen LogP contribution < -0.4 is 0 Å². The molecule has 0 saturated heterocycles. The molecule has 0 fully saturated rings. The summed E-state index contributed by atoms with van der Waals surface area (Å²) in [4.78, 5) is 31.9. The number of rotatable bonds is 2. The number of fused-ring (bicyclic) bond motifs is 1. The Balaban J connectivity index is 1.80. The average Bonchev–Trinajstić information content (AvgIpc) is 2.96. The molecule has 3 rings (SSSR count). The number of hydrogen-bond donors (Lipinski definition) is 0. The average molecular weight is 313 g/mol. The Labute approximate surface area is 134 Å². The third-order valence-electron chi connectivity index (χ3n) is 3.83. The zero-order valence-corrected chi connectivity index (χ0v) is 13.5. The van der Waals surface area contributed by atoms with E-state index in [4.69, 9.17) is 0 Å². The molecule has 0 unspecified atom stereocenters. The topological polar surface area (TPSA) is 71.3 Å². The standard InChI is InChI=1S/C16H19N5O2/c1-11-6-12(9-17-8-11)15(22)20-4-5-21-13(10-20)7-14(18-21)16(23)19(2)3/h6-9H,4-5,10H2,1-3H3. The number of nitrogens with zero attached hydrogens (tertiary/aromatic N) is 5. The summed E-state index contributed by atoms with van der Waals surface area (Å²) in [7, 11) is 3.39. The van der Waals surface area contributed by atoms with Crippen LogP contribution in [0.4, 0.5) is 0 Å². The molecule has 2 amide bonds. The Kier molecular flexibility index (Phi) is 3.85. The largest absolute Gasteiger partial charge is 0.343 e. The van der Waals surface area contributed by atoms with E-state index in [1.54, 1.807) is 42.1 Å². The van der Waals surface area contributed by atoms with Gasteiger partial charge in [0, 0.05) is 33.0 Å². The molecule has 0 N–H and O–H groups in total. The van der Waals surface area contributed by atoms with Gasteiger partial charge in [0.2, 0.25) is 0 Å². The van der Waals surface area contributed by atoms with Crippen molar-refractivity contribution in [2.24, 2.45) is 0 Å². The van der Waals surface area contributed by atoms with Crippen molar-refractivity contribution in [2.75, 3.05) is 20.6 Å². The summed E-state index contributed by atoms with van der Waals surface area (Å²) in [5, 5.41) is 4.33. The molecule has 1 aliphatic heterocycles. The van der Waals surface area contributed by atoms with Gasteiger partial charge in [0.1, 0.15) is 0 Å². The second kappa shape index (κ2) is 5.83. The summed E-state index contributed by atoms with van der Waals surface area (Å²) in [5.41, 5.74) is 2.83. The summed E-state index contributed by atoms with van der Waals surface area (Å²) in [6, 6.07) is 3.60. The predicted molar refractivity (Wildman–Crippen MR) is 84.0 cm³/mol. The van der Waals surface area contributed by atoms with Crippen LogP contribution in [0.5, 0.6) is 0 Å². The lowest BCUT2D eigenvalue weighted by Gasteiger charge is -2.27. The fourth-order valence-corrected chi connectivity index (χ4v) is 2.63.